The molecule has 0 spiro atoms. The fraction of sp³-hybridized carbons (Fsp3) is 0.429. The molecule has 28 heavy (non-hydrogen) atoms. The van der Waals surface area contributed by atoms with E-state index in [1.807, 2.05) is 0 Å². The molecule has 0 saturated carbocycles. The summed E-state index contributed by atoms with van der Waals surface area (Å²) in [5, 5.41) is 29.5. The van der Waals surface area contributed by atoms with E-state index in [9.17, 15) is 19.8 Å². The third-order valence-corrected chi connectivity index (χ3v) is 3.86. The molecule has 3 N–H and O–H groups in total. The molecule has 0 aromatic heterocycles. The van der Waals surface area contributed by atoms with Gasteiger partial charge in [0.15, 0.2) is 0 Å². The summed E-state index contributed by atoms with van der Waals surface area (Å²) in [6.45, 7) is 2.62. The summed E-state index contributed by atoms with van der Waals surface area (Å²) < 4.78 is 10.3. The lowest BCUT2D eigenvalue weighted by Crippen LogP contribution is -2.42. The minimum absolute atomic E-state index is 0.0297. The van der Waals surface area contributed by atoms with Crippen LogP contribution in [0.15, 0.2) is 60.8 Å². The Morgan fingerprint density at radius 1 is 1.39 bits per heavy atom. The zero-order valence-electron chi connectivity index (χ0n) is 16.1. The van der Waals surface area contributed by atoms with E-state index in [1.54, 1.807) is 36.5 Å². The Morgan fingerprint density at radius 2 is 2.11 bits per heavy atom. The number of hydrogen-bond acceptors (Lipinski definition) is 7. The number of aliphatic hydroxyl groups excluding tert-OH is 2. The molecule has 0 aromatic rings. The average Bonchev–Trinajstić information content (AvgIpc) is 2.62. The molecule has 1 aliphatic heterocycles. The van der Waals surface area contributed by atoms with Crippen LogP contribution in [0.25, 0.3) is 0 Å². The highest BCUT2D eigenvalue weighted by molar-refractivity contribution is 5.82. The number of carbonyl (C=O) groups is 2. The van der Waals surface area contributed by atoms with Crippen LogP contribution in [0.1, 0.15) is 26.7 Å². The van der Waals surface area contributed by atoms with Crippen LogP contribution in [-0.2, 0) is 19.1 Å². The van der Waals surface area contributed by atoms with Crippen LogP contribution in [0, 0.1) is 0 Å². The molecule has 154 valence electrons. The van der Waals surface area contributed by atoms with E-state index in [1.165, 1.54) is 38.2 Å². The van der Waals surface area contributed by atoms with Gasteiger partial charge in [0.25, 0.3) is 0 Å². The topological polar surface area (TPSA) is 113 Å². The summed E-state index contributed by atoms with van der Waals surface area (Å²) in [4.78, 5) is 22.7. The molecule has 0 fully saturated rings. The maximum absolute atomic E-state index is 11.4. The van der Waals surface area contributed by atoms with Crippen LogP contribution in [0.4, 0.5) is 0 Å². The Morgan fingerprint density at radius 3 is 2.75 bits per heavy atom. The van der Waals surface area contributed by atoms with Gasteiger partial charge in [-0.2, -0.15) is 0 Å². The van der Waals surface area contributed by atoms with E-state index in [0.29, 0.717) is 6.42 Å². The molecule has 0 saturated heterocycles. The standard InChI is InChI=1S/C21H28O7/c1-16(23)27-19(15-17(24)9-6-4-3-5-7-14-22)21(2,26)13-12-18-10-8-11-20(25)28-18/h3-9,11-13,17-19,22,24,26H,10,14-15H2,1-2H3/b4-3-,7-5+,9-6-,13-12+/t17-,18+,19+,21+/m0/s1. The van der Waals surface area contributed by atoms with E-state index in [-0.39, 0.29) is 13.0 Å². The first-order valence-electron chi connectivity index (χ1n) is 8.99. The van der Waals surface area contributed by atoms with Gasteiger partial charge in [0.05, 0.1) is 12.7 Å². The summed E-state index contributed by atoms with van der Waals surface area (Å²) in [6.07, 6.45) is 13.6. The number of carbonyl (C=O) groups excluding carboxylic acids is 2. The molecule has 7 nitrogen and oxygen atoms in total. The monoisotopic (exact) mass is 392 g/mol. The maximum atomic E-state index is 11.4. The lowest BCUT2D eigenvalue weighted by atomic mass is 9.92. The van der Waals surface area contributed by atoms with E-state index in [0.717, 1.165) is 0 Å². The molecule has 0 unspecified atom stereocenters. The SMILES string of the molecule is CC(=O)O[C@H](C[C@@H](O)\C=C/C=C\C=C\CO)[C@](C)(O)/C=C/[C@H]1CC=CC(=O)O1. The molecular weight excluding hydrogens is 364 g/mol. The largest absolute Gasteiger partial charge is 0.459 e. The fourth-order valence-corrected chi connectivity index (χ4v) is 2.43. The second kappa shape index (κ2) is 12.1. The van der Waals surface area contributed by atoms with Crippen LogP contribution >= 0.6 is 0 Å². The van der Waals surface area contributed by atoms with Crippen LogP contribution in [-0.4, -0.2) is 57.8 Å². The lowest BCUT2D eigenvalue weighted by molar-refractivity contribution is -0.158. The van der Waals surface area contributed by atoms with Crippen molar-refractivity contribution in [2.75, 3.05) is 6.61 Å². The second-order valence-electron chi connectivity index (χ2n) is 6.48. The molecule has 4 atom stereocenters. The molecule has 0 aliphatic carbocycles. The number of aliphatic hydroxyl groups is 3. The van der Waals surface area contributed by atoms with Gasteiger partial charge in [-0.05, 0) is 13.0 Å². The summed E-state index contributed by atoms with van der Waals surface area (Å²) in [5.74, 6) is -1.05. The van der Waals surface area contributed by atoms with Gasteiger partial charge >= 0.3 is 11.9 Å². The number of allylic oxidation sites excluding steroid dienone is 4. The highest BCUT2D eigenvalue weighted by Crippen LogP contribution is 2.22. The van der Waals surface area contributed by atoms with Crippen molar-refractivity contribution in [3.8, 4) is 0 Å². The summed E-state index contributed by atoms with van der Waals surface area (Å²) in [6, 6.07) is 0. The first kappa shape index (κ1) is 23.6. The van der Waals surface area contributed by atoms with Crippen LogP contribution in [0.2, 0.25) is 0 Å². The van der Waals surface area contributed by atoms with Crippen molar-refractivity contribution in [1.82, 2.24) is 0 Å². The molecule has 1 heterocycles. The van der Waals surface area contributed by atoms with Crippen molar-refractivity contribution >= 4 is 11.9 Å². The molecular formula is C21H28O7. The van der Waals surface area contributed by atoms with Gasteiger partial charge in [-0.1, -0.05) is 48.6 Å². The quantitative estimate of drug-likeness (QED) is 0.293. The van der Waals surface area contributed by atoms with Crippen molar-refractivity contribution in [2.45, 2.75) is 50.6 Å². The third-order valence-electron chi connectivity index (χ3n) is 3.86. The Balaban J connectivity index is 2.75. The normalized spacial score (nSPS) is 22.0. The van der Waals surface area contributed by atoms with Crippen LogP contribution < -0.4 is 0 Å². The van der Waals surface area contributed by atoms with Crippen LogP contribution in [0.3, 0.4) is 0 Å². The van der Waals surface area contributed by atoms with Gasteiger partial charge in [0.1, 0.15) is 17.8 Å². The van der Waals surface area contributed by atoms with Gasteiger partial charge < -0.3 is 24.8 Å². The number of hydrogen-bond donors (Lipinski definition) is 3. The fourth-order valence-electron chi connectivity index (χ4n) is 2.43. The van der Waals surface area contributed by atoms with Gasteiger partial charge in [0.2, 0.25) is 0 Å². The third kappa shape index (κ3) is 9.45. The minimum atomic E-state index is -1.58. The Kier molecular flexibility index (Phi) is 10.2. The number of ether oxygens (including phenoxy) is 2. The van der Waals surface area contributed by atoms with Gasteiger partial charge in [0, 0.05) is 25.8 Å². The van der Waals surface area contributed by atoms with Crippen molar-refractivity contribution in [3.05, 3.63) is 60.8 Å². The predicted octanol–water partition coefficient (Wildman–Crippen LogP) is 1.51. The van der Waals surface area contributed by atoms with Crippen molar-refractivity contribution in [1.29, 1.82) is 0 Å². The summed E-state index contributed by atoms with van der Waals surface area (Å²) in [5.41, 5.74) is -1.58. The zero-order chi connectivity index (χ0) is 21.0. The van der Waals surface area contributed by atoms with Crippen molar-refractivity contribution < 1.29 is 34.4 Å². The predicted molar refractivity (Wildman–Crippen MR) is 104 cm³/mol. The molecule has 1 rings (SSSR count). The first-order chi connectivity index (χ1) is 13.2. The van der Waals surface area contributed by atoms with Crippen molar-refractivity contribution in [2.24, 2.45) is 0 Å². The Bertz CT molecular complexity index is 656. The molecule has 0 radical (unpaired) electrons. The highest BCUT2D eigenvalue weighted by Gasteiger charge is 2.34. The smallest absolute Gasteiger partial charge is 0.331 e. The molecule has 0 amide bonds. The van der Waals surface area contributed by atoms with E-state index < -0.39 is 35.9 Å². The number of esters is 2. The second-order valence-corrected chi connectivity index (χ2v) is 6.48. The Labute approximate surface area is 165 Å². The molecule has 0 bridgehead atoms. The van der Waals surface area contributed by atoms with Gasteiger partial charge in [-0.3, -0.25) is 4.79 Å². The highest BCUT2D eigenvalue weighted by atomic mass is 16.6. The molecule has 7 heteroatoms. The summed E-state index contributed by atoms with van der Waals surface area (Å²) in [7, 11) is 0. The minimum Gasteiger partial charge on any atom is -0.459 e. The van der Waals surface area contributed by atoms with Gasteiger partial charge in [-0.15, -0.1) is 0 Å². The molecule has 1 aliphatic rings. The molecule has 0 aromatic carbocycles. The maximum Gasteiger partial charge on any atom is 0.331 e. The van der Waals surface area contributed by atoms with E-state index >= 15 is 0 Å². The Hall–Kier alpha value is -2.48. The average molecular weight is 392 g/mol. The summed E-state index contributed by atoms with van der Waals surface area (Å²) >= 11 is 0. The van der Waals surface area contributed by atoms with Gasteiger partial charge in [-0.25, -0.2) is 4.79 Å². The zero-order valence-corrected chi connectivity index (χ0v) is 16.1. The lowest BCUT2D eigenvalue weighted by Gasteiger charge is -2.31. The van der Waals surface area contributed by atoms with Crippen LogP contribution in [0.5, 0.6) is 0 Å². The number of cyclic esters (lactones) is 1. The van der Waals surface area contributed by atoms with E-state index in [2.05, 4.69) is 0 Å². The first-order valence-corrected chi connectivity index (χ1v) is 8.99. The van der Waals surface area contributed by atoms with E-state index in [4.69, 9.17) is 14.6 Å². The van der Waals surface area contributed by atoms with Crippen molar-refractivity contribution in [3.63, 3.8) is 0 Å². The number of rotatable bonds is 10.